The quantitative estimate of drug-likeness (QED) is 0.844. The van der Waals surface area contributed by atoms with Gasteiger partial charge < -0.3 is 5.11 Å². The number of aromatic nitrogens is 2. The zero-order valence-corrected chi connectivity index (χ0v) is 17.6. The second-order valence-electron chi connectivity index (χ2n) is 10.9. The second kappa shape index (κ2) is 6.94. The Labute approximate surface area is 173 Å². The van der Waals surface area contributed by atoms with E-state index in [0.717, 1.165) is 37.0 Å². The van der Waals surface area contributed by atoms with Crippen LogP contribution in [-0.2, 0) is 11.3 Å². The summed E-state index contributed by atoms with van der Waals surface area (Å²) in [5, 5.41) is 23.7. The summed E-state index contributed by atoms with van der Waals surface area (Å²) in [6.45, 7) is 4.70. The van der Waals surface area contributed by atoms with E-state index in [2.05, 4.69) is 18.1 Å². The molecule has 0 unspecified atom stereocenters. The first-order chi connectivity index (χ1) is 13.9. The molecule has 0 saturated heterocycles. The zero-order chi connectivity index (χ0) is 20.3. The molecule has 1 N–H and O–H groups in total. The van der Waals surface area contributed by atoms with Crippen LogP contribution >= 0.6 is 0 Å². The van der Waals surface area contributed by atoms with E-state index >= 15 is 0 Å². The molecule has 5 heteroatoms. The minimum absolute atomic E-state index is 0.176. The first kappa shape index (κ1) is 19.3. The molecule has 0 aliphatic heterocycles. The minimum atomic E-state index is -0.456. The molecule has 5 nitrogen and oxygen atoms in total. The van der Waals surface area contributed by atoms with Gasteiger partial charge in [-0.2, -0.15) is 10.4 Å². The fraction of sp³-hybridized carbons (Fsp3) is 0.792. The topological polar surface area (TPSA) is 78.9 Å². The molecule has 0 spiro atoms. The summed E-state index contributed by atoms with van der Waals surface area (Å²) in [5.41, 5.74) is 0.0595. The maximum absolute atomic E-state index is 13.0. The van der Waals surface area contributed by atoms with Crippen LogP contribution in [0.15, 0.2) is 12.4 Å². The third kappa shape index (κ3) is 3.24. The van der Waals surface area contributed by atoms with Gasteiger partial charge in [-0.15, -0.1) is 0 Å². The van der Waals surface area contributed by atoms with Crippen molar-refractivity contribution in [1.82, 2.24) is 9.78 Å². The number of carbonyl (C=O) groups is 1. The van der Waals surface area contributed by atoms with Crippen LogP contribution in [0.1, 0.15) is 64.4 Å². The summed E-state index contributed by atoms with van der Waals surface area (Å²) in [6.07, 6.45) is 11.2. The lowest BCUT2D eigenvalue weighted by Crippen LogP contribution is -2.57. The average Bonchev–Trinajstić information content (AvgIpc) is 3.08. The van der Waals surface area contributed by atoms with Crippen molar-refractivity contribution in [3.63, 3.8) is 0 Å². The van der Waals surface area contributed by atoms with Crippen LogP contribution in [0, 0.1) is 58.7 Å². The molecule has 4 fully saturated rings. The number of nitriles is 1. The van der Waals surface area contributed by atoms with Crippen LogP contribution in [-0.4, -0.2) is 26.3 Å². The van der Waals surface area contributed by atoms with Crippen LogP contribution in [0.5, 0.6) is 0 Å². The van der Waals surface area contributed by atoms with Crippen molar-refractivity contribution < 1.29 is 9.90 Å². The molecule has 1 aromatic rings. The lowest BCUT2D eigenvalue weighted by atomic mass is 9.43. The van der Waals surface area contributed by atoms with Crippen molar-refractivity contribution in [2.45, 2.75) is 70.9 Å². The molecule has 0 radical (unpaired) electrons. The van der Waals surface area contributed by atoms with Gasteiger partial charge in [0, 0.05) is 12.1 Å². The van der Waals surface area contributed by atoms with Gasteiger partial charge in [0.05, 0.1) is 23.9 Å². The highest BCUT2D eigenvalue weighted by Crippen LogP contribution is 2.63. The van der Waals surface area contributed by atoms with Gasteiger partial charge in [0.1, 0.15) is 6.07 Å². The molecule has 0 bridgehead atoms. The van der Waals surface area contributed by atoms with Crippen LogP contribution in [0.25, 0.3) is 0 Å². The summed E-state index contributed by atoms with van der Waals surface area (Å²) in [4.78, 5) is 13.0. The second-order valence-corrected chi connectivity index (χ2v) is 10.9. The molecule has 0 amide bonds. The first-order valence-electron chi connectivity index (χ1n) is 11.5. The van der Waals surface area contributed by atoms with Crippen molar-refractivity contribution in [2.24, 2.45) is 47.3 Å². The lowest BCUT2D eigenvalue weighted by molar-refractivity contribution is -0.159. The van der Waals surface area contributed by atoms with Crippen LogP contribution in [0.3, 0.4) is 0 Å². The predicted octanol–water partition coefficient (Wildman–Crippen LogP) is 3.81. The molecule has 1 heterocycles. The number of ketones is 1. The van der Waals surface area contributed by atoms with Gasteiger partial charge >= 0.3 is 0 Å². The van der Waals surface area contributed by atoms with E-state index in [1.807, 2.05) is 6.92 Å². The van der Waals surface area contributed by atoms with Gasteiger partial charge in [-0.25, -0.2) is 0 Å². The lowest BCUT2D eigenvalue weighted by Gasteiger charge is -2.62. The number of aliphatic hydroxyl groups is 1. The Bertz CT molecular complexity index is 837. The standard InChI is InChI=1S/C24H33N3O2/c1-14-7-19-17-5-6-24(2,29)9-16(17)3-4-18(19)20-8-21(23(14)20)22(28)13-27-12-15(10-25)11-26-27/h11-12,14,16-21,23,29H,3-9,13H2,1-2H3/t14-,16+,17+,18-,19-,20+,21+,23+,24-/m1/s1. The van der Waals surface area contributed by atoms with Crippen LogP contribution in [0.2, 0.25) is 0 Å². The Morgan fingerprint density at radius 2 is 2.10 bits per heavy atom. The predicted molar refractivity (Wildman–Crippen MR) is 108 cm³/mol. The molecule has 4 aliphatic carbocycles. The highest BCUT2D eigenvalue weighted by atomic mass is 16.3. The number of hydrogen-bond donors (Lipinski definition) is 1. The number of rotatable bonds is 3. The van der Waals surface area contributed by atoms with E-state index in [9.17, 15) is 9.90 Å². The Morgan fingerprint density at radius 1 is 1.28 bits per heavy atom. The smallest absolute Gasteiger partial charge is 0.157 e. The van der Waals surface area contributed by atoms with Crippen molar-refractivity contribution in [3.8, 4) is 6.07 Å². The van der Waals surface area contributed by atoms with E-state index in [1.54, 1.807) is 10.9 Å². The number of carbonyl (C=O) groups excluding carboxylic acids is 1. The maximum Gasteiger partial charge on any atom is 0.157 e. The maximum atomic E-state index is 13.0. The summed E-state index contributed by atoms with van der Waals surface area (Å²) < 4.78 is 1.63. The van der Waals surface area contributed by atoms with Crippen molar-refractivity contribution >= 4 is 5.78 Å². The summed E-state index contributed by atoms with van der Waals surface area (Å²) in [7, 11) is 0. The van der Waals surface area contributed by atoms with Crippen LogP contribution in [0.4, 0.5) is 0 Å². The first-order valence-corrected chi connectivity index (χ1v) is 11.5. The van der Waals surface area contributed by atoms with Gasteiger partial charge in [-0.1, -0.05) is 6.92 Å². The van der Waals surface area contributed by atoms with Crippen LogP contribution < -0.4 is 0 Å². The summed E-state index contributed by atoms with van der Waals surface area (Å²) >= 11 is 0. The van der Waals surface area contributed by atoms with Gasteiger partial charge in [0.2, 0.25) is 0 Å². The number of Topliss-reactive ketones (excluding diaryl/α,β-unsaturated/α-hetero) is 1. The normalized spacial score (nSPS) is 45.9. The fourth-order valence-electron chi connectivity index (χ4n) is 7.94. The van der Waals surface area contributed by atoms with E-state index in [-0.39, 0.29) is 5.92 Å². The minimum Gasteiger partial charge on any atom is -0.390 e. The third-order valence-electron chi connectivity index (χ3n) is 9.12. The number of nitrogens with zero attached hydrogens (tertiary/aromatic N) is 3. The fourth-order valence-corrected chi connectivity index (χ4v) is 7.94. The molecular weight excluding hydrogens is 362 g/mol. The van der Waals surface area contributed by atoms with Crippen molar-refractivity contribution in [1.29, 1.82) is 5.26 Å². The van der Waals surface area contributed by atoms with E-state index in [0.29, 0.717) is 41.6 Å². The summed E-state index contributed by atoms with van der Waals surface area (Å²) in [5.74, 6) is 5.43. The largest absolute Gasteiger partial charge is 0.390 e. The molecule has 29 heavy (non-hydrogen) atoms. The SMILES string of the molecule is C[C@@H]1C[C@H]2[C@@H](CC[C@H]3C[C@](C)(O)CC[C@@H]32)[C@@H]2C[C@@H](C(=O)Cn3cc(C#N)cn3)[C@H]21. The molecule has 9 atom stereocenters. The Hall–Kier alpha value is -1.67. The Balaban J connectivity index is 1.26. The van der Waals surface area contributed by atoms with E-state index < -0.39 is 5.60 Å². The van der Waals surface area contributed by atoms with Gasteiger partial charge in [-0.05, 0) is 93.3 Å². The molecule has 1 aromatic heterocycles. The molecule has 4 saturated carbocycles. The highest BCUT2D eigenvalue weighted by Gasteiger charge is 2.58. The number of hydrogen-bond acceptors (Lipinski definition) is 4. The zero-order valence-electron chi connectivity index (χ0n) is 17.6. The highest BCUT2D eigenvalue weighted by molar-refractivity contribution is 5.82. The van der Waals surface area contributed by atoms with E-state index in [4.69, 9.17) is 5.26 Å². The van der Waals surface area contributed by atoms with Gasteiger partial charge in [-0.3, -0.25) is 9.48 Å². The monoisotopic (exact) mass is 395 g/mol. The molecule has 5 rings (SSSR count). The summed E-state index contributed by atoms with van der Waals surface area (Å²) in [6, 6.07) is 2.08. The molecule has 4 aliphatic rings. The number of fused-ring (bicyclic) bond motifs is 5. The average molecular weight is 396 g/mol. The molecular formula is C24H33N3O2. The van der Waals surface area contributed by atoms with Gasteiger partial charge in [0.15, 0.2) is 5.78 Å². The Kier molecular flexibility index (Phi) is 4.62. The van der Waals surface area contributed by atoms with E-state index in [1.165, 1.54) is 31.9 Å². The van der Waals surface area contributed by atoms with Gasteiger partial charge in [0.25, 0.3) is 0 Å². The Morgan fingerprint density at radius 3 is 2.86 bits per heavy atom. The van der Waals surface area contributed by atoms with Crippen molar-refractivity contribution in [3.05, 3.63) is 18.0 Å². The third-order valence-corrected chi connectivity index (χ3v) is 9.12. The molecule has 0 aromatic carbocycles. The van der Waals surface area contributed by atoms with Crippen molar-refractivity contribution in [2.75, 3.05) is 0 Å². The molecule has 156 valence electrons.